The second kappa shape index (κ2) is 6.41. The molecule has 1 aromatic carbocycles. The van der Waals surface area contributed by atoms with Crippen LogP contribution >= 0.6 is 0 Å². The Labute approximate surface area is 115 Å². The monoisotopic (exact) mass is 257 g/mol. The summed E-state index contributed by atoms with van der Waals surface area (Å²) in [5, 5.41) is 4.57. The Kier molecular flexibility index (Phi) is 4.61. The van der Waals surface area contributed by atoms with Gasteiger partial charge in [-0.3, -0.25) is 4.98 Å². The Balaban J connectivity index is 2.14. The third-order valence-corrected chi connectivity index (χ3v) is 3.45. The molecular formula is C16H23N3. The molecule has 0 aliphatic rings. The van der Waals surface area contributed by atoms with Crippen molar-refractivity contribution in [2.24, 2.45) is 0 Å². The maximum atomic E-state index is 5.99. The van der Waals surface area contributed by atoms with Gasteiger partial charge in [-0.15, -0.1) is 0 Å². The van der Waals surface area contributed by atoms with Crippen molar-refractivity contribution >= 4 is 22.3 Å². The number of nitrogens with zero attached hydrogens (tertiary/aromatic N) is 1. The Morgan fingerprint density at radius 2 is 2.11 bits per heavy atom. The molecule has 0 spiro atoms. The second-order valence-corrected chi connectivity index (χ2v) is 5.14. The van der Waals surface area contributed by atoms with E-state index in [1.165, 1.54) is 25.7 Å². The van der Waals surface area contributed by atoms with E-state index >= 15 is 0 Å². The third kappa shape index (κ3) is 3.37. The lowest BCUT2D eigenvalue weighted by molar-refractivity contribution is 0.615. The molecule has 3 N–H and O–H groups in total. The molecule has 3 heteroatoms. The number of hydrogen-bond donors (Lipinski definition) is 2. The van der Waals surface area contributed by atoms with Gasteiger partial charge in [-0.2, -0.15) is 0 Å². The minimum absolute atomic E-state index is 0.459. The molecular weight excluding hydrogens is 234 g/mol. The Morgan fingerprint density at radius 1 is 1.26 bits per heavy atom. The van der Waals surface area contributed by atoms with Crippen LogP contribution in [0.25, 0.3) is 10.9 Å². The maximum Gasteiger partial charge on any atom is 0.0953 e. The minimum atomic E-state index is 0.459. The topological polar surface area (TPSA) is 50.9 Å². The summed E-state index contributed by atoms with van der Waals surface area (Å²) < 4.78 is 0. The second-order valence-electron chi connectivity index (χ2n) is 5.14. The quantitative estimate of drug-likeness (QED) is 0.602. The van der Waals surface area contributed by atoms with E-state index in [1.54, 1.807) is 0 Å². The molecule has 2 rings (SSSR count). The standard InChI is InChI=1S/C16H23N3/c1-3-4-5-7-12(2)19-15-10-9-14(17)13-8-6-11-18-16(13)15/h6,8-12,19H,3-5,7,17H2,1-2H3. The average molecular weight is 257 g/mol. The first-order valence-electron chi connectivity index (χ1n) is 7.12. The van der Waals surface area contributed by atoms with Crippen molar-refractivity contribution < 1.29 is 0 Å². The van der Waals surface area contributed by atoms with Crippen LogP contribution in [-0.4, -0.2) is 11.0 Å². The molecule has 1 aromatic heterocycles. The highest BCUT2D eigenvalue weighted by molar-refractivity contribution is 5.98. The van der Waals surface area contributed by atoms with Crippen LogP contribution in [0.5, 0.6) is 0 Å². The van der Waals surface area contributed by atoms with Crippen molar-refractivity contribution in [1.82, 2.24) is 4.98 Å². The van der Waals surface area contributed by atoms with Crippen molar-refractivity contribution in [3.05, 3.63) is 30.5 Å². The molecule has 0 saturated heterocycles. The summed E-state index contributed by atoms with van der Waals surface area (Å²) in [6, 6.07) is 8.38. The first-order valence-corrected chi connectivity index (χ1v) is 7.12. The highest BCUT2D eigenvalue weighted by Gasteiger charge is 2.07. The SMILES string of the molecule is CCCCCC(C)Nc1ccc(N)c2cccnc12. The molecule has 19 heavy (non-hydrogen) atoms. The highest BCUT2D eigenvalue weighted by atomic mass is 14.9. The van der Waals surface area contributed by atoms with Gasteiger partial charge in [0.15, 0.2) is 0 Å². The fourth-order valence-electron chi connectivity index (χ4n) is 2.35. The van der Waals surface area contributed by atoms with Crippen molar-refractivity contribution in [3.63, 3.8) is 0 Å². The van der Waals surface area contributed by atoms with Crippen LogP contribution in [0.2, 0.25) is 0 Å². The van der Waals surface area contributed by atoms with Gasteiger partial charge in [0.1, 0.15) is 0 Å². The lowest BCUT2D eigenvalue weighted by Gasteiger charge is -2.17. The molecule has 0 aliphatic carbocycles. The molecule has 0 fully saturated rings. The Hall–Kier alpha value is -1.77. The number of anilines is 2. The number of unbranched alkanes of at least 4 members (excludes halogenated alkanes) is 2. The molecule has 1 atom stereocenters. The van der Waals surface area contributed by atoms with E-state index in [9.17, 15) is 0 Å². The third-order valence-electron chi connectivity index (χ3n) is 3.45. The van der Waals surface area contributed by atoms with Gasteiger partial charge in [-0.1, -0.05) is 26.2 Å². The van der Waals surface area contributed by atoms with Crippen LogP contribution in [0.15, 0.2) is 30.5 Å². The number of pyridine rings is 1. The van der Waals surface area contributed by atoms with E-state index in [1.807, 2.05) is 30.5 Å². The summed E-state index contributed by atoms with van der Waals surface area (Å²) in [6.45, 7) is 4.45. The molecule has 0 saturated carbocycles. The van der Waals surface area contributed by atoms with E-state index in [0.29, 0.717) is 6.04 Å². The smallest absolute Gasteiger partial charge is 0.0953 e. The van der Waals surface area contributed by atoms with Crippen LogP contribution in [0.4, 0.5) is 11.4 Å². The van der Waals surface area contributed by atoms with Crippen LogP contribution in [0.1, 0.15) is 39.5 Å². The first-order chi connectivity index (χ1) is 9.22. The predicted molar refractivity (Wildman–Crippen MR) is 83.4 cm³/mol. The Bertz CT molecular complexity index is 537. The van der Waals surface area contributed by atoms with Gasteiger partial charge >= 0.3 is 0 Å². The van der Waals surface area contributed by atoms with E-state index < -0.39 is 0 Å². The number of nitrogen functional groups attached to an aromatic ring is 1. The largest absolute Gasteiger partial charge is 0.398 e. The highest BCUT2D eigenvalue weighted by Crippen LogP contribution is 2.27. The van der Waals surface area contributed by atoms with Gasteiger partial charge in [-0.05, 0) is 37.6 Å². The first kappa shape index (κ1) is 13.7. The summed E-state index contributed by atoms with van der Waals surface area (Å²) >= 11 is 0. The lowest BCUT2D eigenvalue weighted by atomic mass is 10.1. The summed E-state index contributed by atoms with van der Waals surface area (Å²) in [4.78, 5) is 4.45. The fourth-order valence-corrected chi connectivity index (χ4v) is 2.35. The summed E-state index contributed by atoms with van der Waals surface area (Å²) in [7, 11) is 0. The number of nitrogens with two attached hydrogens (primary N) is 1. The summed E-state index contributed by atoms with van der Waals surface area (Å²) in [6.07, 6.45) is 6.83. The number of aromatic nitrogens is 1. The van der Waals surface area contributed by atoms with Crippen molar-refractivity contribution in [2.75, 3.05) is 11.1 Å². The summed E-state index contributed by atoms with van der Waals surface area (Å²) in [5.74, 6) is 0. The van der Waals surface area contributed by atoms with Gasteiger partial charge in [0.25, 0.3) is 0 Å². The van der Waals surface area contributed by atoms with Gasteiger partial charge in [0.2, 0.25) is 0 Å². The van der Waals surface area contributed by atoms with Gasteiger partial charge in [0.05, 0.1) is 11.2 Å². The van der Waals surface area contributed by atoms with Gasteiger partial charge in [-0.25, -0.2) is 0 Å². The van der Waals surface area contributed by atoms with Crippen LogP contribution < -0.4 is 11.1 Å². The minimum Gasteiger partial charge on any atom is -0.398 e. The lowest BCUT2D eigenvalue weighted by Crippen LogP contribution is -2.15. The fraction of sp³-hybridized carbons (Fsp3) is 0.438. The van der Waals surface area contributed by atoms with E-state index in [2.05, 4.69) is 24.1 Å². The van der Waals surface area contributed by atoms with Crippen LogP contribution in [-0.2, 0) is 0 Å². The molecule has 0 amide bonds. The summed E-state index contributed by atoms with van der Waals surface area (Å²) in [5.41, 5.74) is 8.81. The van der Waals surface area contributed by atoms with Crippen molar-refractivity contribution in [1.29, 1.82) is 0 Å². The van der Waals surface area contributed by atoms with E-state index in [-0.39, 0.29) is 0 Å². The zero-order valence-corrected chi connectivity index (χ0v) is 11.8. The molecule has 2 aromatic rings. The number of benzene rings is 1. The molecule has 0 aliphatic heterocycles. The normalized spacial score (nSPS) is 12.5. The van der Waals surface area contributed by atoms with Crippen molar-refractivity contribution in [2.45, 2.75) is 45.6 Å². The zero-order valence-electron chi connectivity index (χ0n) is 11.8. The predicted octanol–water partition coefficient (Wildman–Crippen LogP) is 4.20. The molecule has 1 unspecified atom stereocenters. The van der Waals surface area contributed by atoms with Gasteiger partial charge < -0.3 is 11.1 Å². The average Bonchev–Trinajstić information content (AvgIpc) is 2.43. The van der Waals surface area contributed by atoms with Crippen LogP contribution in [0.3, 0.4) is 0 Å². The Morgan fingerprint density at radius 3 is 2.89 bits per heavy atom. The number of rotatable bonds is 6. The number of hydrogen-bond acceptors (Lipinski definition) is 3. The van der Waals surface area contributed by atoms with E-state index in [0.717, 1.165) is 22.3 Å². The molecule has 1 heterocycles. The van der Waals surface area contributed by atoms with Gasteiger partial charge in [0, 0.05) is 23.3 Å². The number of fused-ring (bicyclic) bond motifs is 1. The molecule has 0 radical (unpaired) electrons. The van der Waals surface area contributed by atoms with Crippen LogP contribution in [0, 0.1) is 0 Å². The zero-order chi connectivity index (χ0) is 13.7. The van der Waals surface area contributed by atoms with E-state index in [4.69, 9.17) is 5.73 Å². The molecule has 0 bridgehead atoms. The molecule has 3 nitrogen and oxygen atoms in total. The number of nitrogens with one attached hydrogen (secondary N) is 1. The maximum absolute atomic E-state index is 5.99. The molecule has 102 valence electrons. The van der Waals surface area contributed by atoms with Crippen molar-refractivity contribution in [3.8, 4) is 0 Å².